The number of hydrogen-bond acceptors (Lipinski definition) is 6. The van der Waals surface area contributed by atoms with Crippen molar-refractivity contribution < 1.29 is 28.6 Å². The van der Waals surface area contributed by atoms with Crippen molar-refractivity contribution in [2.24, 2.45) is 0 Å². The van der Waals surface area contributed by atoms with Crippen molar-refractivity contribution in [3.63, 3.8) is 0 Å². The molecule has 0 saturated carbocycles. The van der Waals surface area contributed by atoms with E-state index in [4.69, 9.17) is 14.2 Å². The van der Waals surface area contributed by atoms with Crippen LogP contribution in [0.1, 0.15) is 278 Å². The minimum Gasteiger partial charge on any atom is -0.462 e. The summed E-state index contributed by atoms with van der Waals surface area (Å²) in [6.07, 6.45) is 102. The average Bonchev–Trinajstić information content (AvgIpc) is 3.48. The minimum absolute atomic E-state index is 0.0978. The Morgan fingerprint density at radius 3 is 0.735 bits per heavy atom. The monoisotopic (exact) mass is 1140 g/mol. The van der Waals surface area contributed by atoms with Gasteiger partial charge >= 0.3 is 17.9 Å². The Morgan fingerprint density at radius 2 is 0.470 bits per heavy atom. The fourth-order valence-electron chi connectivity index (χ4n) is 8.76. The van der Waals surface area contributed by atoms with E-state index in [1.165, 1.54) is 64.2 Å². The molecule has 0 radical (unpaired) electrons. The number of rotatable bonds is 59. The van der Waals surface area contributed by atoms with Crippen LogP contribution in [-0.2, 0) is 28.6 Å². The highest BCUT2D eigenvalue weighted by Gasteiger charge is 2.19. The van der Waals surface area contributed by atoms with Gasteiger partial charge in [0.15, 0.2) is 6.10 Å². The van der Waals surface area contributed by atoms with E-state index in [0.29, 0.717) is 19.3 Å². The van der Waals surface area contributed by atoms with E-state index in [1.54, 1.807) is 0 Å². The average molecular weight is 1140 g/mol. The number of ether oxygens (including phenoxy) is 3. The maximum Gasteiger partial charge on any atom is 0.306 e. The molecule has 0 fully saturated rings. The van der Waals surface area contributed by atoms with Gasteiger partial charge in [0.25, 0.3) is 0 Å². The summed E-state index contributed by atoms with van der Waals surface area (Å²) < 4.78 is 16.9. The second kappa shape index (κ2) is 69.3. The normalized spacial score (nSPS) is 13.2. The van der Waals surface area contributed by atoms with Gasteiger partial charge in [0.1, 0.15) is 13.2 Å². The van der Waals surface area contributed by atoms with E-state index in [2.05, 4.69) is 191 Å². The van der Waals surface area contributed by atoms with E-state index in [0.717, 1.165) is 173 Å². The van der Waals surface area contributed by atoms with Crippen LogP contribution in [0.5, 0.6) is 0 Å². The molecular weight excluding hydrogens is 1020 g/mol. The first kappa shape index (κ1) is 77.8. The molecule has 0 N–H and O–H groups in total. The van der Waals surface area contributed by atoms with Crippen LogP contribution in [0.4, 0.5) is 0 Å². The standard InChI is InChI=1S/C77H122O6/c1-4-7-10-13-16-19-22-24-26-28-30-32-34-36-37-38-39-41-42-44-46-48-50-52-55-58-61-64-67-70-76(79)82-73-74(72-81-75(78)69-66-63-60-57-54-21-18-15-12-9-6-3)83-77(80)71-68-65-62-59-56-53-51-49-47-45-43-40-35-33-31-29-27-25-23-20-17-14-11-8-5-2/h7-8,10-11,16-17,19-20,24-27,30-33,36-37,39-41,43-44,46-47,49-50,52,74H,4-6,9,12-15,18,21-23,28-29,34-35,38,42,45,48,51,53-73H2,1-3H3/b10-7-,11-8-,19-16-,20-17-,26-24-,27-25-,32-30-,33-31-,37-36-,41-39-,43-40-,46-44-,49-47-,52-50-. The summed E-state index contributed by atoms with van der Waals surface area (Å²) in [4.78, 5) is 38.3. The molecule has 1 atom stereocenters. The number of carbonyl (C=O) groups excluding carboxylic acids is 3. The predicted molar refractivity (Wildman–Crippen MR) is 361 cm³/mol. The number of carbonyl (C=O) groups is 3. The van der Waals surface area contributed by atoms with Gasteiger partial charge in [0.05, 0.1) is 0 Å². The molecule has 6 nitrogen and oxygen atoms in total. The Kier molecular flexibility index (Phi) is 64.9. The van der Waals surface area contributed by atoms with Gasteiger partial charge in [-0.05, 0) is 135 Å². The molecule has 0 aliphatic heterocycles. The molecule has 0 saturated heterocycles. The highest BCUT2D eigenvalue weighted by atomic mass is 16.6. The van der Waals surface area contributed by atoms with Crippen LogP contribution in [0.15, 0.2) is 170 Å². The summed E-state index contributed by atoms with van der Waals surface area (Å²) in [5, 5.41) is 0. The second-order valence-electron chi connectivity index (χ2n) is 21.6. The number of unbranched alkanes of at least 4 members (excludes halogenated alkanes) is 20. The fraction of sp³-hybridized carbons (Fsp3) is 0.597. The zero-order valence-electron chi connectivity index (χ0n) is 53.4. The molecule has 0 aromatic rings. The Labute approximate surface area is 511 Å². The van der Waals surface area contributed by atoms with Crippen LogP contribution in [0.25, 0.3) is 0 Å². The molecule has 1 unspecified atom stereocenters. The largest absolute Gasteiger partial charge is 0.462 e. The lowest BCUT2D eigenvalue weighted by atomic mass is 10.1. The van der Waals surface area contributed by atoms with E-state index < -0.39 is 6.10 Å². The van der Waals surface area contributed by atoms with E-state index >= 15 is 0 Å². The predicted octanol–water partition coefficient (Wildman–Crippen LogP) is 23.4. The highest BCUT2D eigenvalue weighted by molar-refractivity contribution is 5.71. The third-order valence-corrected chi connectivity index (χ3v) is 13.7. The summed E-state index contributed by atoms with van der Waals surface area (Å²) >= 11 is 0. The molecule has 0 spiro atoms. The second-order valence-corrected chi connectivity index (χ2v) is 21.6. The van der Waals surface area contributed by atoms with Gasteiger partial charge in [-0.1, -0.05) is 294 Å². The molecule has 0 aliphatic carbocycles. The summed E-state index contributed by atoms with van der Waals surface area (Å²) in [7, 11) is 0. The highest BCUT2D eigenvalue weighted by Crippen LogP contribution is 2.15. The Morgan fingerprint density at radius 1 is 0.253 bits per heavy atom. The van der Waals surface area contributed by atoms with Gasteiger partial charge in [-0.3, -0.25) is 14.4 Å². The first-order valence-electron chi connectivity index (χ1n) is 33.6. The molecule has 0 rings (SSSR count). The lowest BCUT2D eigenvalue weighted by Crippen LogP contribution is -2.30. The van der Waals surface area contributed by atoms with Crippen molar-refractivity contribution >= 4 is 17.9 Å². The maximum absolute atomic E-state index is 12.9. The Bertz CT molecular complexity index is 1890. The summed E-state index contributed by atoms with van der Waals surface area (Å²) in [6, 6.07) is 0. The van der Waals surface area contributed by atoms with Crippen LogP contribution in [0.3, 0.4) is 0 Å². The molecule has 0 bridgehead atoms. The molecule has 0 heterocycles. The third-order valence-electron chi connectivity index (χ3n) is 13.7. The zero-order chi connectivity index (χ0) is 59.9. The van der Waals surface area contributed by atoms with Gasteiger partial charge in [-0.25, -0.2) is 0 Å². The number of hydrogen-bond donors (Lipinski definition) is 0. The topological polar surface area (TPSA) is 78.9 Å². The number of esters is 3. The quantitative estimate of drug-likeness (QED) is 0.0261. The fourth-order valence-corrected chi connectivity index (χ4v) is 8.76. The Balaban J connectivity index is 4.40. The SMILES string of the molecule is CC/C=C\C/C=C\C/C=C\C/C=C\C/C=C\C/C=C\C/C=C\C/C=C\CCCCCCC(=O)OCC(COC(=O)CCCCCCCCCCCCC)OC(=O)CCCCCCCC/C=C\C/C=C\C/C=C\C/C=C\C/C=C\C/C=C\CC. The smallest absolute Gasteiger partial charge is 0.306 e. The van der Waals surface area contributed by atoms with E-state index in [9.17, 15) is 14.4 Å². The third kappa shape index (κ3) is 67.4. The van der Waals surface area contributed by atoms with Gasteiger partial charge in [0.2, 0.25) is 0 Å². The first-order chi connectivity index (χ1) is 41.0. The van der Waals surface area contributed by atoms with Crippen molar-refractivity contribution in [1.82, 2.24) is 0 Å². The molecular formula is C77H122O6. The van der Waals surface area contributed by atoms with Crippen LogP contribution in [0, 0.1) is 0 Å². The number of allylic oxidation sites excluding steroid dienone is 28. The molecule has 466 valence electrons. The minimum atomic E-state index is -0.806. The molecule has 6 heteroatoms. The molecule has 0 amide bonds. The van der Waals surface area contributed by atoms with Gasteiger partial charge < -0.3 is 14.2 Å². The van der Waals surface area contributed by atoms with Crippen LogP contribution in [-0.4, -0.2) is 37.2 Å². The Hall–Kier alpha value is -5.23. The van der Waals surface area contributed by atoms with Gasteiger partial charge in [0, 0.05) is 19.3 Å². The lowest BCUT2D eigenvalue weighted by molar-refractivity contribution is -0.167. The van der Waals surface area contributed by atoms with E-state index in [-0.39, 0.29) is 31.1 Å². The van der Waals surface area contributed by atoms with Crippen LogP contribution < -0.4 is 0 Å². The van der Waals surface area contributed by atoms with Crippen LogP contribution >= 0.6 is 0 Å². The maximum atomic E-state index is 12.9. The zero-order valence-corrected chi connectivity index (χ0v) is 53.4. The summed E-state index contributed by atoms with van der Waals surface area (Å²) in [6.45, 7) is 6.37. The lowest BCUT2D eigenvalue weighted by Gasteiger charge is -2.18. The summed E-state index contributed by atoms with van der Waals surface area (Å²) in [5.41, 5.74) is 0. The molecule has 0 aromatic carbocycles. The van der Waals surface area contributed by atoms with Gasteiger partial charge in [-0.2, -0.15) is 0 Å². The van der Waals surface area contributed by atoms with E-state index in [1.807, 2.05) is 0 Å². The van der Waals surface area contributed by atoms with Gasteiger partial charge in [-0.15, -0.1) is 0 Å². The molecule has 0 aromatic heterocycles. The van der Waals surface area contributed by atoms with Crippen molar-refractivity contribution in [2.45, 2.75) is 284 Å². The van der Waals surface area contributed by atoms with Crippen molar-refractivity contribution in [3.05, 3.63) is 170 Å². The van der Waals surface area contributed by atoms with Crippen LogP contribution in [0.2, 0.25) is 0 Å². The van der Waals surface area contributed by atoms with Crippen molar-refractivity contribution in [2.75, 3.05) is 13.2 Å². The van der Waals surface area contributed by atoms with Crippen molar-refractivity contribution in [3.8, 4) is 0 Å². The summed E-state index contributed by atoms with van der Waals surface area (Å²) in [5.74, 6) is -0.941. The van der Waals surface area contributed by atoms with Crippen molar-refractivity contribution in [1.29, 1.82) is 0 Å². The first-order valence-corrected chi connectivity index (χ1v) is 33.6. The molecule has 0 aliphatic rings. The molecule has 83 heavy (non-hydrogen) atoms.